The number of ether oxygens (including phenoxy) is 2. The second kappa shape index (κ2) is 10.1. The van der Waals surface area contributed by atoms with Crippen LogP contribution in [0, 0.1) is 5.92 Å². The van der Waals surface area contributed by atoms with Gasteiger partial charge in [0.2, 0.25) is 0 Å². The quantitative estimate of drug-likeness (QED) is 0.621. The van der Waals surface area contributed by atoms with Gasteiger partial charge in [0.1, 0.15) is 17.2 Å². The summed E-state index contributed by atoms with van der Waals surface area (Å²) < 4.78 is 11.0. The number of hydrogen-bond acceptors (Lipinski definition) is 6. The van der Waals surface area contributed by atoms with Gasteiger partial charge in [-0.25, -0.2) is 4.90 Å². The number of anilines is 1. The zero-order valence-electron chi connectivity index (χ0n) is 19.1. The lowest BCUT2D eigenvalue weighted by atomic mass is 9.97. The molecule has 2 amide bonds. The average molecular weight is 451 g/mol. The summed E-state index contributed by atoms with van der Waals surface area (Å²) in [6.07, 6.45) is 2.62. The Morgan fingerprint density at radius 3 is 2.55 bits per heavy atom. The molecule has 174 valence electrons. The summed E-state index contributed by atoms with van der Waals surface area (Å²) in [4.78, 5) is 30.6. The minimum absolute atomic E-state index is 0.0598. The minimum atomic E-state index is -0.362. The normalized spacial score (nSPS) is 18.8. The molecule has 1 atom stereocenters. The van der Waals surface area contributed by atoms with Crippen LogP contribution in [0.15, 0.2) is 54.2 Å². The number of rotatable bonds is 8. The molecule has 7 nitrogen and oxygen atoms in total. The molecule has 2 aromatic rings. The number of likely N-dealkylation sites (tertiary alicyclic amines) is 1. The molecule has 0 bridgehead atoms. The van der Waals surface area contributed by atoms with E-state index in [-0.39, 0.29) is 24.3 Å². The van der Waals surface area contributed by atoms with Crippen LogP contribution in [0.2, 0.25) is 0 Å². The Hall–Kier alpha value is -3.32. The van der Waals surface area contributed by atoms with Crippen molar-refractivity contribution in [2.75, 3.05) is 38.3 Å². The second-order valence-electron chi connectivity index (χ2n) is 8.38. The Bertz CT molecular complexity index is 1050. The number of imide groups is 1. The fourth-order valence-electron chi connectivity index (χ4n) is 4.41. The van der Waals surface area contributed by atoms with E-state index in [2.05, 4.69) is 0 Å². The van der Waals surface area contributed by atoms with Gasteiger partial charge in [0.05, 0.1) is 25.0 Å². The smallest absolute Gasteiger partial charge is 0.282 e. The van der Waals surface area contributed by atoms with E-state index in [0.29, 0.717) is 53.7 Å². The van der Waals surface area contributed by atoms with E-state index < -0.39 is 0 Å². The monoisotopic (exact) mass is 450 g/mol. The molecular formula is C26H30N2O5. The zero-order chi connectivity index (χ0) is 23.4. The van der Waals surface area contributed by atoms with E-state index in [4.69, 9.17) is 9.47 Å². The molecule has 1 fully saturated rings. The van der Waals surface area contributed by atoms with Crippen molar-refractivity contribution in [1.82, 2.24) is 4.90 Å². The first-order chi connectivity index (χ1) is 16.1. The molecule has 2 heterocycles. The predicted octanol–water partition coefficient (Wildman–Crippen LogP) is 3.47. The van der Waals surface area contributed by atoms with E-state index in [1.165, 1.54) is 4.90 Å². The first-order valence-corrected chi connectivity index (χ1v) is 11.4. The van der Waals surface area contributed by atoms with Gasteiger partial charge >= 0.3 is 0 Å². The molecule has 0 saturated carbocycles. The fourth-order valence-corrected chi connectivity index (χ4v) is 4.41. The highest BCUT2D eigenvalue weighted by molar-refractivity contribution is 6.45. The number of piperidine rings is 1. The lowest BCUT2D eigenvalue weighted by Gasteiger charge is -2.34. The summed E-state index contributed by atoms with van der Waals surface area (Å²) in [6, 6.07) is 14.3. The first kappa shape index (κ1) is 22.9. The third kappa shape index (κ3) is 4.59. The average Bonchev–Trinajstić information content (AvgIpc) is 3.12. The highest BCUT2D eigenvalue weighted by Crippen LogP contribution is 2.37. The Morgan fingerprint density at radius 2 is 1.85 bits per heavy atom. The van der Waals surface area contributed by atoms with Crippen LogP contribution >= 0.6 is 0 Å². The van der Waals surface area contributed by atoms with Crippen molar-refractivity contribution in [1.29, 1.82) is 0 Å². The molecular weight excluding hydrogens is 420 g/mol. The molecule has 0 aromatic heterocycles. The molecule has 2 aromatic carbocycles. The van der Waals surface area contributed by atoms with Gasteiger partial charge in [0, 0.05) is 25.8 Å². The van der Waals surface area contributed by atoms with Crippen LogP contribution < -0.4 is 14.4 Å². The topological polar surface area (TPSA) is 79.3 Å². The summed E-state index contributed by atoms with van der Waals surface area (Å²) in [5.41, 5.74) is 1.91. The SMILES string of the molecule is CCCOc1cccc(N2C(=O)C(c3ccc(OC)cc3)=C(N3CCCC(CO)C3)C2=O)c1. The third-order valence-corrected chi connectivity index (χ3v) is 6.08. The molecule has 33 heavy (non-hydrogen) atoms. The first-order valence-electron chi connectivity index (χ1n) is 11.4. The van der Waals surface area contributed by atoms with E-state index in [0.717, 1.165) is 19.3 Å². The van der Waals surface area contributed by atoms with Crippen molar-refractivity contribution >= 4 is 23.1 Å². The Labute approximate surface area is 194 Å². The molecule has 1 unspecified atom stereocenters. The molecule has 1 N–H and O–H groups in total. The molecule has 0 aliphatic carbocycles. The van der Waals surface area contributed by atoms with Crippen LogP contribution in [0.1, 0.15) is 31.7 Å². The summed E-state index contributed by atoms with van der Waals surface area (Å²) in [7, 11) is 1.59. The zero-order valence-corrected chi connectivity index (χ0v) is 19.1. The van der Waals surface area contributed by atoms with E-state index in [9.17, 15) is 14.7 Å². The molecule has 2 aliphatic rings. The van der Waals surface area contributed by atoms with Crippen molar-refractivity contribution in [2.45, 2.75) is 26.2 Å². The van der Waals surface area contributed by atoms with Crippen LogP contribution in [0.5, 0.6) is 11.5 Å². The maximum absolute atomic E-state index is 13.7. The number of methoxy groups -OCH3 is 1. The predicted molar refractivity (Wildman–Crippen MR) is 126 cm³/mol. The van der Waals surface area contributed by atoms with Gasteiger partial charge in [0.15, 0.2) is 0 Å². The number of benzene rings is 2. The summed E-state index contributed by atoms with van der Waals surface area (Å²) in [5, 5.41) is 9.71. The van der Waals surface area contributed by atoms with Crippen molar-refractivity contribution < 1.29 is 24.2 Å². The molecule has 2 aliphatic heterocycles. The minimum Gasteiger partial charge on any atom is -0.497 e. The summed E-state index contributed by atoms with van der Waals surface area (Å²) in [6.45, 7) is 3.84. The largest absolute Gasteiger partial charge is 0.497 e. The van der Waals surface area contributed by atoms with Crippen LogP contribution in [-0.4, -0.2) is 55.2 Å². The second-order valence-corrected chi connectivity index (χ2v) is 8.38. The molecule has 1 saturated heterocycles. The highest BCUT2D eigenvalue weighted by Gasteiger charge is 2.43. The highest BCUT2D eigenvalue weighted by atomic mass is 16.5. The van der Waals surface area contributed by atoms with Gasteiger partial charge < -0.3 is 19.5 Å². The maximum atomic E-state index is 13.7. The third-order valence-electron chi connectivity index (χ3n) is 6.08. The lowest BCUT2D eigenvalue weighted by Crippen LogP contribution is -2.40. The molecule has 0 radical (unpaired) electrons. The Balaban J connectivity index is 1.75. The van der Waals surface area contributed by atoms with Crippen molar-refractivity contribution in [3.05, 3.63) is 59.8 Å². The summed E-state index contributed by atoms with van der Waals surface area (Å²) >= 11 is 0. The van der Waals surface area contributed by atoms with Crippen LogP contribution in [0.25, 0.3) is 5.57 Å². The number of aliphatic hydroxyl groups excluding tert-OH is 1. The van der Waals surface area contributed by atoms with Gasteiger partial charge in [-0.2, -0.15) is 0 Å². The van der Waals surface area contributed by atoms with E-state index in [1.807, 2.05) is 17.9 Å². The summed E-state index contributed by atoms with van der Waals surface area (Å²) in [5.74, 6) is 0.656. The van der Waals surface area contributed by atoms with Gasteiger partial charge in [-0.1, -0.05) is 25.1 Å². The van der Waals surface area contributed by atoms with Gasteiger partial charge in [-0.05, 0) is 55.0 Å². The number of hydrogen-bond donors (Lipinski definition) is 1. The van der Waals surface area contributed by atoms with Gasteiger partial charge in [0.25, 0.3) is 11.8 Å². The van der Waals surface area contributed by atoms with Crippen molar-refractivity contribution in [3.8, 4) is 11.5 Å². The number of carbonyl (C=O) groups excluding carboxylic acids is 2. The number of amides is 2. The van der Waals surface area contributed by atoms with Crippen LogP contribution in [0.4, 0.5) is 5.69 Å². The van der Waals surface area contributed by atoms with Crippen LogP contribution in [0.3, 0.4) is 0 Å². The van der Waals surface area contributed by atoms with Gasteiger partial charge in [-0.3, -0.25) is 9.59 Å². The lowest BCUT2D eigenvalue weighted by molar-refractivity contribution is -0.120. The maximum Gasteiger partial charge on any atom is 0.282 e. The van der Waals surface area contributed by atoms with Crippen molar-refractivity contribution in [2.24, 2.45) is 5.92 Å². The molecule has 4 rings (SSSR count). The van der Waals surface area contributed by atoms with E-state index >= 15 is 0 Å². The van der Waals surface area contributed by atoms with E-state index in [1.54, 1.807) is 49.6 Å². The molecule has 0 spiro atoms. The number of nitrogens with zero attached hydrogens (tertiary/aromatic N) is 2. The number of carbonyl (C=O) groups is 2. The molecule has 7 heteroatoms. The Morgan fingerprint density at radius 1 is 1.06 bits per heavy atom. The van der Waals surface area contributed by atoms with Gasteiger partial charge in [-0.15, -0.1) is 0 Å². The fraction of sp³-hybridized carbons (Fsp3) is 0.385. The van der Waals surface area contributed by atoms with Crippen molar-refractivity contribution in [3.63, 3.8) is 0 Å². The Kier molecular flexibility index (Phi) is 6.99. The number of aliphatic hydroxyl groups is 1. The van der Waals surface area contributed by atoms with Crippen LogP contribution in [-0.2, 0) is 9.59 Å². The standard InChI is InChI=1S/C26H30N2O5/c1-3-14-33-22-8-4-7-20(15-22)28-25(30)23(19-9-11-21(32-2)12-10-19)24(26(28)31)27-13-5-6-18(16-27)17-29/h4,7-12,15,18,29H,3,5-6,13-14,16-17H2,1-2H3.